The fourth-order valence-electron chi connectivity index (χ4n) is 5.17. The van der Waals surface area contributed by atoms with Crippen molar-refractivity contribution in [3.8, 4) is 5.75 Å². The van der Waals surface area contributed by atoms with Crippen LogP contribution >= 0.6 is 11.6 Å². The number of halogens is 1. The Morgan fingerprint density at radius 1 is 0.846 bits per heavy atom. The lowest BCUT2D eigenvalue weighted by atomic mass is 9.93. The lowest BCUT2D eigenvalue weighted by molar-refractivity contribution is 0.0465. The van der Waals surface area contributed by atoms with Gasteiger partial charge in [0.15, 0.2) is 5.82 Å². The van der Waals surface area contributed by atoms with E-state index in [1.165, 1.54) is 4.90 Å². The van der Waals surface area contributed by atoms with Crippen LogP contribution in [0, 0.1) is 0 Å². The summed E-state index contributed by atoms with van der Waals surface area (Å²) in [4.78, 5) is 41.1. The van der Waals surface area contributed by atoms with Gasteiger partial charge in [0.1, 0.15) is 5.75 Å². The van der Waals surface area contributed by atoms with Gasteiger partial charge in [-0.3, -0.25) is 9.59 Å². The first-order valence-electron chi connectivity index (χ1n) is 12.3. The number of amides is 2. The molecule has 6 rings (SSSR count). The fraction of sp³-hybridized carbons (Fsp3) is 0.0968. The molecule has 1 atom stereocenters. The summed E-state index contributed by atoms with van der Waals surface area (Å²) < 4.78 is 5.36. The lowest BCUT2D eigenvalue weighted by Crippen LogP contribution is -2.61. The predicted molar refractivity (Wildman–Crippen MR) is 150 cm³/mol. The van der Waals surface area contributed by atoms with Gasteiger partial charge >= 0.3 is 0 Å². The Kier molecular flexibility index (Phi) is 6.00. The van der Waals surface area contributed by atoms with Crippen molar-refractivity contribution in [3.05, 3.63) is 131 Å². The largest absolute Gasteiger partial charge is 0.497 e. The van der Waals surface area contributed by atoms with Gasteiger partial charge in [-0.15, -0.1) is 0 Å². The van der Waals surface area contributed by atoms with Crippen LogP contribution in [0.4, 0.5) is 5.69 Å². The molecule has 2 heterocycles. The highest BCUT2D eigenvalue weighted by Crippen LogP contribution is 2.45. The molecule has 4 aromatic carbocycles. The van der Waals surface area contributed by atoms with E-state index in [1.807, 2.05) is 66.5 Å². The molecule has 39 heavy (non-hydrogen) atoms. The van der Waals surface area contributed by atoms with Crippen molar-refractivity contribution in [2.75, 3.05) is 19.1 Å². The van der Waals surface area contributed by atoms with E-state index < -0.39 is 17.5 Å². The summed E-state index contributed by atoms with van der Waals surface area (Å²) >= 11 is 6.53. The van der Waals surface area contributed by atoms with Crippen molar-refractivity contribution in [2.45, 2.75) is 5.66 Å². The average Bonchev–Trinajstić information content (AvgIpc) is 3.23. The Hall–Kier alpha value is -4.75. The molecule has 0 aliphatic carbocycles. The number of carbonyl (C=O) groups excluding carboxylic acids is 2. The van der Waals surface area contributed by atoms with Crippen molar-refractivity contribution in [1.82, 2.24) is 14.9 Å². The second-order valence-electron chi connectivity index (χ2n) is 9.18. The highest BCUT2D eigenvalue weighted by atomic mass is 35.5. The Morgan fingerprint density at radius 3 is 2.18 bits per heavy atom. The van der Waals surface area contributed by atoms with E-state index in [1.54, 1.807) is 55.8 Å². The van der Waals surface area contributed by atoms with Crippen LogP contribution in [0.1, 0.15) is 32.1 Å². The van der Waals surface area contributed by atoms with Gasteiger partial charge in [-0.05, 0) is 54.6 Å². The molecule has 0 radical (unpaired) electrons. The Bertz CT molecular complexity index is 1710. The lowest BCUT2D eigenvalue weighted by Gasteiger charge is -2.47. The molecular formula is C31H23ClN4O3. The van der Waals surface area contributed by atoms with Crippen LogP contribution in [0.3, 0.4) is 0 Å². The highest BCUT2D eigenvalue weighted by Gasteiger charge is 2.56. The van der Waals surface area contributed by atoms with Crippen LogP contribution < -0.4 is 9.64 Å². The second-order valence-corrected chi connectivity index (χ2v) is 9.62. The van der Waals surface area contributed by atoms with E-state index in [-0.39, 0.29) is 5.82 Å². The number of ether oxygens (including phenoxy) is 1. The predicted octanol–water partition coefficient (Wildman–Crippen LogP) is 5.93. The van der Waals surface area contributed by atoms with Gasteiger partial charge in [0.05, 0.1) is 23.8 Å². The molecule has 0 N–H and O–H groups in total. The quantitative estimate of drug-likeness (QED) is 0.251. The molecule has 1 aromatic heterocycles. The standard InChI is InChI=1S/C31H23ClN4O3/c1-35(23-14-16-24(39-2)17-15-23)31(21-9-7-10-22(32)18-21,30-33-19-20-8-3-6-13-27(20)34-30)36-28(37)25-11-4-5-12-26(25)29(36)38/h3-19H,1-2H3. The number of methoxy groups -OCH3 is 1. The number of benzene rings is 4. The molecule has 8 heteroatoms. The first-order valence-corrected chi connectivity index (χ1v) is 12.7. The van der Waals surface area contributed by atoms with Gasteiger partial charge in [-0.25, -0.2) is 14.9 Å². The number of hydrogen-bond acceptors (Lipinski definition) is 6. The molecule has 0 bridgehead atoms. The van der Waals surface area contributed by atoms with Crippen molar-refractivity contribution < 1.29 is 14.3 Å². The number of nitrogens with zero attached hydrogens (tertiary/aromatic N) is 4. The minimum atomic E-state index is -1.60. The zero-order valence-electron chi connectivity index (χ0n) is 21.2. The molecule has 0 fully saturated rings. The number of hydrogen-bond donors (Lipinski definition) is 0. The van der Waals surface area contributed by atoms with Crippen LogP contribution in [0.25, 0.3) is 10.9 Å². The molecular weight excluding hydrogens is 512 g/mol. The first kappa shape index (κ1) is 24.6. The average molecular weight is 535 g/mol. The maximum absolute atomic E-state index is 14.2. The molecule has 1 unspecified atom stereocenters. The molecule has 192 valence electrons. The molecule has 1 aliphatic heterocycles. The molecule has 0 saturated carbocycles. The normalized spacial score (nSPS) is 14.3. The molecule has 0 saturated heterocycles. The maximum Gasteiger partial charge on any atom is 0.264 e. The van der Waals surface area contributed by atoms with Crippen molar-refractivity contribution >= 4 is 40.0 Å². The third kappa shape index (κ3) is 3.82. The van der Waals surface area contributed by atoms with Crippen molar-refractivity contribution in [3.63, 3.8) is 0 Å². The number of rotatable bonds is 6. The van der Waals surface area contributed by atoms with Crippen LogP contribution in [-0.2, 0) is 5.66 Å². The Balaban J connectivity index is 1.71. The molecule has 2 amide bonds. The van der Waals surface area contributed by atoms with E-state index >= 15 is 0 Å². The van der Waals surface area contributed by atoms with Crippen LogP contribution in [0.2, 0.25) is 5.02 Å². The minimum absolute atomic E-state index is 0.247. The number of imide groups is 1. The van der Waals surface area contributed by atoms with Crippen LogP contribution in [0.5, 0.6) is 5.75 Å². The van der Waals surface area contributed by atoms with Gasteiger partial charge in [0.2, 0.25) is 5.66 Å². The zero-order chi connectivity index (χ0) is 27.1. The highest BCUT2D eigenvalue weighted by molar-refractivity contribution is 6.30. The minimum Gasteiger partial charge on any atom is -0.497 e. The van der Waals surface area contributed by atoms with E-state index in [2.05, 4.69) is 0 Å². The summed E-state index contributed by atoms with van der Waals surface area (Å²) in [5, 5.41) is 1.27. The summed E-state index contributed by atoms with van der Waals surface area (Å²) in [5.41, 5.74) is 0.961. The summed E-state index contributed by atoms with van der Waals surface area (Å²) in [6, 6.07) is 28.8. The topological polar surface area (TPSA) is 75.6 Å². The number of carbonyl (C=O) groups is 2. The zero-order valence-corrected chi connectivity index (χ0v) is 22.0. The SMILES string of the molecule is COc1ccc(N(C)C(c2cccc(Cl)c2)(c2ncc3ccccc3n2)N2C(=O)c3ccccc3C2=O)cc1. The summed E-state index contributed by atoms with van der Waals surface area (Å²) in [7, 11) is 3.40. The molecule has 1 aliphatic rings. The summed E-state index contributed by atoms with van der Waals surface area (Å²) in [6.45, 7) is 0. The number of anilines is 1. The number of aromatic nitrogens is 2. The van der Waals surface area contributed by atoms with Gasteiger partial charge in [0.25, 0.3) is 11.8 Å². The smallest absolute Gasteiger partial charge is 0.264 e. The van der Waals surface area contributed by atoms with Gasteiger partial charge in [-0.1, -0.05) is 54.1 Å². The number of para-hydroxylation sites is 1. The van der Waals surface area contributed by atoms with Gasteiger partial charge < -0.3 is 9.64 Å². The van der Waals surface area contributed by atoms with E-state index in [4.69, 9.17) is 26.3 Å². The summed E-state index contributed by atoms with van der Waals surface area (Å²) in [5.74, 6) is 0.0138. The van der Waals surface area contributed by atoms with Gasteiger partial charge in [0, 0.05) is 34.9 Å². The maximum atomic E-state index is 14.2. The van der Waals surface area contributed by atoms with E-state index in [0.29, 0.717) is 38.7 Å². The van der Waals surface area contributed by atoms with E-state index in [9.17, 15) is 9.59 Å². The molecule has 5 aromatic rings. The van der Waals surface area contributed by atoms with E-state index in [0.717, 1.165) is 5.39 Å². The second kappa shape index (κ2) is 9.53. The monoisotopic (exact) mass is 534 g/mol. The van der Waals surface area contributed by atoms with Crippen molar-refractivity contribution in [2.24, 2.45) is 0 Å². The Morgan fingerprint density at radius 2 is 1.51 bits per heavy atom. The third-order valence-corrected chi connectivity index (χ3v) is 7.33. The fourth-order valence-corrected chi connectivity index (χ4v) is 5.36. The van der Waals surface area contributed by atoms with Crippen LogP contribution in [0.15, 0.2) is 103 Å². The third-order valence-electron chi connectivity index (χ3n) is 7.09. The molecule has 7 nitrogen and oxygen atoms in total. The van der Waals surface area contributed by atoms with Crippen LogP contribution in [-0.4, -0.2) is 40.8 Å². The van der Waals surface area contributed by atoms with Crippen molar-refractivity contribution in [1.29, 1.82) is 0 Å². The summed E-state index contributed by atoms with van der Waals surface area (Å²) in [6.07, 6.45) is 1.71. The number of fused-ring (bicyclic) bond motifs is 2. The van der Waals surface area contributed by atoms with Gasteiger partial charge in [-0.2, -0.15) is 0 Å². The first-order chi connectivity index (χ1) is 18.9. The Labute approximate surface area is 230 Å². The molecule has 0 spiro atoms.